The Morgan fingerprint density at radius 1 is 1.12 bits per heavy atom. The lowest BCUT2D eigenvalue weighted by Gasteiger charge is -2.16. The molecule has 0 fully saturated rings. The van der Waals surface area contributed by atoms with Gasteiger partial charge >= 0.3 is 0 Å². The first-order chi connectivity index (χ1) is 12.5. The Morgan fingerprint density at radius 3 is 2.58 bits per heavy atom. The quantitative estimate of drug-likeness (QED) is 0.445. The highest BCUT2D eigenvalue weighted by Gasteiger charge is 2.11. The predicted molar refractivity (Wildman–Crippen MR) is 112 cm³/mol. The van der Waals surface area contributed by atoms with E-state index in [9.17, 15) is 0 Å². The molecule has 1 N–H and O–H groups in total. The molecule has 2 aromatic carbocycles. The van der Waals surface area contributed by atoms with Gasteiger partial charge in [0.2, 0.25) is 0 Å². The Morgan fingerprint density at radius 2 is 1.88 bits per heavy atom. The van der Waals surface area contributed by atoms with E-state index < -0.39 is 0 Å². The van der Waals surface area contributed by atoms with Crippen molar-refractivity contribution >= 4 is 27.5 Å². The first-order valence-electron chi connectivity index (χ1n) is 9.02. The molecule has 0 aliphatic heterocycles. The van der Waals surface area contributed by atoms with Gasteiger partial charge in [-0.1, -0.05) is 53.5 Å². The van der Waals surface area contributed by atoms with Crippen molar-refractivity contribution in [3.63, 3.8) is 0 Å². The molecule has 0 saturated heterocycles. The van der Waals surface area contributed by atoms with E-state index in [-0.39, 0.29) is 0 Å². The molecule has 0 atom stereocenters. The molecule has 0 saturated carbocycles. The molecule has 2 aromatic rings. The molecule has 0 radical (unpaired) electrons. The van der Waals surface area contributed by atoms with Crippen LogP contribution in [0.25, 0.3) is 0 Å². The Balaban J connectivity index is 2.06. The number of hydrogen-bond acceptors (Lipinski definition) is 3. The largest absolute Gasteiger partial charge is 0.490 e. The number of hydrogen-bond donors (Lipinski definition) is 1. The van der Waals surface area contributed by atoms with Gasteiger partial charge in [0.15, 0.2) is 11.5 Å². The number of nitrogens with one attached hydrogen (secondary N) is 1. The maximum atomic E-state index is 6.04. The Labute approximate surface area is 170 Å². The van der Waals surface area contributed by atoms with Crippen molar-refractivity contribution in [3.05, 3.63) is 57.0 Å². The van der Waals surface area contributed by atoms with Crippen molar-refractivity contribution < 1.29 is 9.47 Å². The van der Waals surface area contributed by atoms with E-state index in [1.54, 1.807) is 0 Å². The summed E-state index contributed by atoms with van der Waals surface area (Å²) >= 11 is 9.69. The molecule has 0 bridgehead atoms. The summed E-state index contributed by atoms with van der Waals surface area (Å²) in [6.45, 7) is 9.27. The summed E-state index contributed by atoms with van der Waals surface area (Å²) in [5.74, 6) is 2.19. The summed E-state index contributed by atoms with van der Waals surface area (Å²) < 4.78 is 12.8. The van der Waals surface area contributed by atoms with Gasteiger partial charge in [-0.05, 0) is 61.2 Å². The van der Waals surface area contributed by atoms with Crippen LogP contribution in [0.2, 0.25) is 5.02 Å². The minimum atomic E-state index is 0.444. The lowest BCUT2D eigenvalue weighted by Crippen LogP contribution is -2.16. The Bertz CT molecular complexity index is 706. The van der Waals surface area contributed by atoms with Crippen molar-refractivity contribution in [1.29, 1.82) is 0 Å². The zero-order valence-electron chi connectivity index (χ0n) is 15.6. The van der Waals surface area contributed by atoms with Crippen molar-refractivity contribution in [2.75, 3.05) is 13.2 Å². The molecular weight excluding hydrogens is 414 g/mol. The van der Waals surface area contributed by atoms with E-state index in [1.807, 2.05) is 43.3 Å². The van der Waals surface area contributed by atoms with Crippen LogP contribution in [0.15, 0.2) is 40.9 Å². The molecule has 3 nitrogen and oxygen atoms in total. The smallest absolute Gasteiger partial charge is 0.162 e. The molecule has 5 heteroatoms. The van der Waals surface area contributed by atoms with Crippen LogP contribution in [0, 0.1) is 5.92 Å². The number of ether oxygens (including phenoxy) is 2. The van der Waals surface area contributed by atoms with Crippen LogP contribution in [-0.4, -0.2) is 13.2 Å². The average molecular weight is 441 g/mol. The first kappa shape index (κ1) is 21.1. The van der Waals surface area contributed by atoms with E-state index in [4.69, 9.17) is 21.1 Å². The molecule has 2 rings (SSSR count). The van der Waals surface area contributed by atoms with E-state index in [2.05, 4.69) is 35.1 Å². The van der Waals surface area contributed by atoms with Gasteiger partial charge in [-0.25, -0.2) is 0 Å². The van der Waals surface area contributed by atoms with Gasteiger partial charge < -0.3 is 14.8 Å². The third-order valence-electron chi connectivity index (χ3n) is 3.91. The van der Waals surface area contributed by atoms with Gasteiger partial charge in [0.05, 0.1) is 6.61 Å². The second-order valence-corrected chi connectivity index (χ2v) is 7.89. The Hall–Kier alpha value is -1.23. The van der Waals surface area contributed by atoms with Crippen molar-refractivity contribution in [1.82, 2.24) is 5.32 Å². The maximum Gasteiger partial charge on any atom is 0.162 e. The normalized spacial score (nSPS) is 11.0. The standard InChI is InChI=1S/C21H27BrClNO2/c1-4-25-20-11-17(13-24-9-8-15(2)3)19(22)12-21(20)26-14-16-6-5-7-18(23)10-16/h5-7,10-12,15,24H,4,8-9,13-14H2,1-3H3. The molecule has 0 aliphatic carbocycles. The number of halogens is 2. The van der Waals surface area contributed by atoms with E-state index in [1.165, 1.54) is 0 Å². The van der Waals surface area contributed by atoms with Gasteiger partial charge in [-0.3, -0.25) is 0 Å². The maximum absolute atomic E-state index is 6.04. The molecule has 0 aliphatic rings. The molecule has 0 amide bonds. The summed E-state index contributed by atoms with van der Waals surface area (Å²) in [5, 5.41) is 4.19. The van der Waals surface area contributed by atoms with Crippen molar-refractivity contribution in [2.24, 2.45) is 5.92 Å². The van der Waals surface area contributed by atoms with Crippen LogP contribution in [0.3, 0.4) is 0 Å². The summed E-state index contributed by atoms with van der Waals surface area (Å²) in [7, 11) is 0. The minimum Gasteiger partial charge on any atom is -0.490 e. The fourth-order valence-electron chi connectivity index (χ4n) is 2.50. The lowest BCUT2D eigenvalue weighted by atomic mass is 10.1. The second-order valence-electron chi connectivity index (χ2n) is 6.60. The van der Waals surface area contributed by atoms with E-state index >= 15 is 0 Å². The van der Waals surface area contributed by atoms with Crippen LogP contribution in [-0.2, 0) is 13.2 Å². The van der Waals surface area contributed by atoms with Gasteiger partial charge in [0, 0.05) is 16.0 Å². The summed E-state index contributed by atoms with van der Waals surface area (Å²) in [5.41, 5.74) is 2.18. The number of rotatable bonds is 10. The fourth-order valence-corrected chi connectivity index (χ4v) is 3.17. The third-order valence-corrected chi connectivity index (χ3v) is 4.88. The molecule has 0 spiro atoms. The highest BCUT2D eigenvalue weighted by atomic mass is 79.9. The van der Waals surface area contributed by atoms with Gasteiger partial charge in [-0.2, -0.15) is 0 Å². The van der Waals surface area contributed by atoms with Crippen LogP contribution >= 0.6 is 27.5 Å². The number of benzene rings is 2. The molecule has 0 heterocycles. The molecule has 142 valence electrons. The summed E-state index contributed by atoms with van der Waals surface area (Å²) in [4.78, 5) is 0. The Kier molecular flexibility index (Phi) is 8.76. The van der Waals surface area contributed by atoms with Gasteiger partial charge in [-0.15, -0.1) is 0 Å². The highest BCUT2D eigenvalue weighted by molar-refractivity contribution is 9.10. The highest BCUT2D eigenvalue weighted by Crippen LogP contribution is 2.34. The second kappa shape index (κ2) is 10.8. The molecule has 26 heavy (non-hydrogen) atoms. The van der Waals surface area contributed by atoms with Crippen molar-refractivity contribution in [3.8, 4) is 11.5 Å². The fraction of sp³-hybridized carbons (Fsp3) is 0.429. The molecular formula is C21H27BrClNO2. The summed E-state index contributed by atoms with van der Waals surface area (Å²) in [6, 6.07) is 11.7. The minimum absolute atomic E-state index is 0.444. The zero-order chi connectivity index (χ0) is 18.9. The van der Waals surface area contributed by atoms with Gasteiger partial charge in [0.1, 0.15) is 6.61 Å². The van der Waals surface area contributed by atoms with Crippen LogP contribution < -0.4 is 14.8 Å². The van der Waals surface area contributed by atoms with E-state index in [0.29, 0.717) is 24.2 Å². The first-order valence-corrected chi connectivity index (χ1v) is 10.2. The molecule has 0 aromatic heterocycles. The third kappa shape index (κ3) is 6.82. The van der Waals surface area contributed by atoms with Crippen LogP contribution in [0.1, 0.15) is 38.3 Å². The van der Waals surface area contributed by atoms with Gasteiger partial charge in [0.25, 0.3) is 0 Å². The lowest BCUT2D eigenvalue weighted by molar-refractivity contribution is 0.269. The van der Waals surface area contributed by atoms with Crippen LogP contribution in [0.4, 0.5) is 0 Å². The summed E-state index contributed by atoms with van der Waals surface area (Å²) in [6.07, 6.45) is 1.16. The monoisotopic (exact) mass is 439 g/mol. The average Bonchev–Trinajstić information content (AvgIpc) is 2.59. The molecule has 0 unspecified atom stereocenters. The van der Waals surface area contributed by atoms with Crippen molar-refractivity contribution in [2.45, 2.75) is 40.3 Å². The topological polar surface area (TPSA) is 30.5 Å². The SMILES string of the molecule is CCOc1cc(CNCCC(C)C)c(Br)cc1OCc1cccc(Cl)c1. The van der Waals surface area contributed by atoms with E-state index in [0.717, 1.165) is 46.6 Å². The van der Waals surface area contributed by atoms with Crippen LogP contribution in [0.5, 0.6) is 11.5 Å². The zero-order valence-corrected chi connectivity index (χ0v) is 18.0. The predicted octanol–water partition coefficient (Wildman–Crippen LogP) is 6.22.